The Labute approximate surface area is 127 Å². The van der Waals surface area contributed by atoms with Crippen molar-refractivity contribution in [1.82, 2.24) is 4.57 Å². The van der Waals surface area contributed by atoms with Crippen molar-refractivity contribution < 1.29 is 9.30 Å². The van der Waals surface area contributed by atoms with Gasteiger partial charge < -0.3 is 9.64 Å². The van der Waals surface area contributed by atoms with E-state index >= 15 is 0 Å². The Morgan fingerprint density at radius 2 is 2.14 bits per heavy atom. The summed E-state index contributed by atoms with van der Waals surface area (Å²) < 4.78 is 9.93. The quantitative estimate of drug-likeness (QED) is 0.548. The van der Waals surface area contributed by atoms with Crippen molar-refractivity contribution in [3.05, 3.63) is 48.5 Å². The Kier molecular flexibility index (Phi) is 5.81. The summed E-state index contributed by atoms with van der Waals surface area (Å²) in [5, 5.41) is 0. The first-order chi connectivity index (χ1) is 10.2. The van der Waals surface area contributed by atoms with Gasteiger partial charge >= 0.3 is 0 Å². The molecule has 1 heterocycles. The molecule has 0 N–H and O–H groups in total. The molecule has 0 amide bonds. The van der Waals surface area contributed by atoms with Gasteiger partial charge in [-0.05, 0) is 31.5 Å². The SMILES string of the molecule is CCN(CCOCCn1cc[n+](C)c1)c1cccc(C)c1. The minimum Gasteiger partial charge on any atom is -0.376 e. The van der Waals surface area contributed by atoms with Gasteiger partial charge in [-0.25, -0.2) is 9.13 Å². The molecule has 114 valence electrons. The van der Waals surface area contributed by atoms with Gasteiger partial charge in [0, 0.05) is 18.8 Å². The van der Waals surface area contributed by atoms with Crippen molar-refractivity contribution in [2.75, 3.05) is 31.2 Å². The Morgan fingerprint density at radius 1 is 1.29 bits per heavy atom. The van der Waals surface area contributed by atoms with Crippen LogP contribution in [-0.4, -0.2) is 30.9 Å². The number of ether oxygens (including phenoxy) is 1. The summed E-state index contributed by atoms with van der Waals surface area (Å²) in [6.45, 7) is 8.65. The summed E-state index contributed by atoms with van der Waals surface area (Å²) in [7, 11) is 2.03. The molecule has 0 fully saturated rings. The molecular formula is C17H26N3O+. The molecule has 1 aromatic carbocycles. The second-order valence-corrected chi connectivity index (χ2v) is 5.35. The van der Waals surface area contributed by atoms with Gasteiger partial charge in [0.05, 0.1) is 20.3 Å². The molecule has 4 nitrogen and oxygen atoms in total. The van der Waals surface area contributed by atoms with E-state index in [4.69, 9.17) is 4.74 Å². The van der Waals surface area contributed by atoms with Crippen LogP contribution >= 0.6 is 0 Å². The average molecular weight is 288 g/mol. The van der Waals surface area contributed by atoms with E-state index < -0.39 is 0 Å². The van der Waals surface area contributed by atoms with Crippen LogP contribution in [0.25, 0.3) is 0 Å². The fourth-order valence-corrected chi connectivity index (χ4v) is 2.38. The van der Waals surface area contributed by atoms with Gasteiger partial charge in [-0.2, -0.15) is 0 Å². The maximum absolute atomic E-state index is 5.76. The minimum absolute atomic E-state index is 0.750. The summed E-state index contributed by atoms with van der Waals surface area (Å²) in [6, 6.07) is 8.63. The van der Waals surface area contributed by atoms with Crippen LogP contribution in [0.15, 0.2) is 43.0 Å². The molecule has 2 aromatic rings. The normalized spacial score (nSPS) is 10.8. The minimum atomic E-state index is 0.750. The number of aromatic nitrogens is 2. The van der Waals surface area contributed by atoms with E-state index in [0.29, 0.717) is 0 Å². The second-order valence-electron chi connectivity index (χ2n) is 5.35. The zero-order valence-corrected chi connectivity index (χ0v) is 13.3. The van der Waals surface area contributed by atoms with Crippen LogP contribution in [0, 0.1) is 6.92 Å². The van der Waals surface area contributed by atoms with Crippen molar-refractivity contribution in [1.29, 1.82) is 0 Å². The number of benzene rings is 1. The van der Waals surface area contributed by atoms with Crippen LogP contribution in [0.4, 0.5) is 5.69 Å². The number of hydrogen-bond acceptors (Lipinski definition) is 2. The molecule has 4 heteroatoms. The molecule has 0 aliphatic carbocycles. The highest BCUT2D eigenvalue weighted by Gasteiger charge is 2.04. The molecule has 0 bridgehead atoms. The van der Waals surface area contributed by atoms with Crippen molar-refractivity contribution in [2.24, 2.45) is 7.05 Å². The fraction of sp³-hybridized carbons (Fsp3) is 0.471. The van der Waals surface area contributed by atoms with Gasteiger partial charge in [0.25, 0.3) is 0 Å². The first-order valence-corrected chi connectivity index (χ1v) is 7.59. The highest BCUT2D eigenvalue weighted by atomic mass is 16.5. The summed E-state index contributed by atoms with van der Waals surface area (Å²) in [4.78, 5) is 2.35. The summed E-state index contributed by atoms with van der Waals surface area (Å²) in [5.41, 5.74) is 2.57. The van der Waals surface area contributed by atoms with Crippen LogP contribution < -0.4 is 9.47 Å². The molecule has 0 atom stereocenters. The van der Waals surface area contributed by atoms with Crippen molar-refractivity contribution in [3.8, 4) is 0 Å². The van der Waals surface area contributed by atoms with Crippen molar-refractivity contribution in [2.45, 2.75) is 20.4 Å². The number of hydrogen-bond donors (Lipinski definition) is 0. The third-order valence-electron chi connectivity index (χ3n) is 3.57. The Hall–Kier alpha value is -1.81. The smallest absolute Gasteiger partial charge is 0.243 e. The monoisotopic (exact) mass is 288 g/mol. The summed E-state index contributed by atoms with van der Waals surface area (Å²) in [5.74, 6) is 0. The summed E-state index contributed by atoms with van der Waals surface area (Å²) in [6.07, 6.45) is 6.17. The van der Waals surface area contributed by atoms with Crippen LogP contribution in [0.5, 0.6) is 0 Å². The van der Waals surface area contributed by atoms with E-state index in [2.05, 4.69) is 60.1 Å². The first-order valence-electron chi connectivity index (χ1n) is 7.59. The topological polar surface area (TPSA) is 21.3 Å². The van der Waals surface area contributed by atoms with E-state index in [1.807, 2.05) is 17.8 Å². The largest absolute Gasteiger partial charge is 0.376 e. The molecule has 0 spiro atoms. The first kappa shape index (κ1) is 15.6. The van der Waals surface area contributed by atoms with Crippen LogP contribution in [0.1, 0.15) is 12.5 Å². The average Bonchev–Trinajstić information content (AvgIpc) is 2.88. The Bertz CT molecular complexity index is 550. The number of rotatable bonds is 8. The van der Waals surface area contributed by atoms with Crippen LogP contribution in [0.2, 0.25) is 0 Å². The third kappa shape index (κ3) is 4.90. The van der Waals surface area contributed by atoms with E-state index in [1.165, 1.54) is 11.3 Å². The standard InChI is InChI=1S/C17H26N3O/c1-4-20(17-7-5-6-16(2)14-17)11-13-21-12-10-19-9-8-18(3)15-19/h5-9,14-15H,4,10-13H2,1-3H3/q+1. The van der Waals surface area contributed by atoms with Crippen LogP contribution in [0.3, 0.4) is 0 Å². The highest BCUT2D eigenvalue weighted by molar-refractivity contribution is 5.48. The number of nitrogens with zero attached hydrogens (tertiary/aromatic N) is 3. The van der Waals surface area contributed by atoms with Crippen molar-refractivity contribution in [3.63, 3.8) is 0 Å². The third-order valence-corrected chi connectivity index (χ3v) is 3.57. The molecular weight excluding hydrogens is 262 g/mol. The number of likely N-dealkylation sites (N-methyl/N-ethyl adjacent to an activating group) is 1. The zero-order chi connectivity index (χ0) is 15.1. The molecule has 0 aliphatic rings. The number of aryl methyl sites for hydroxylation is 2. The molecule has 0 saturated carbocycles. The number of anilines is 1. The highest BCUT2D eigenvalue weighted by Crippen LogP contribution is 2.15. The molecule has 2 rings (SSSR count). The lowest BCUT2D eigenvalue weighted by Crippen LogP contribution is -2.27. The van der Waals surface area contributed by atoms with Gasteiger partial charge in [0.2, 0.25) is 6.33 Å². The molecule has 0 radical (unpaired) electrons. The predicted octanol–water partition coefficient (Wildman–Crippen LogP) is 2.16. The maximum Gasteiger partial charge on any atom is 0.243 e. The Morgan fingerprint density at radius 3 is 2.81 bits per heavy atom. The fourth-order valence-electron chi connectivity index (χ4n) is 2.38. The maximum atomic E-state index is 5.76. The molecule has 1 aromatic heterocycles. The molecule has 0 unspecified atom stereocenters. The lowest BCUT2D eigenvalue weighted by Gasteiger charge is -2.23. The van der Waals surface area contributed by atoms with Gasteiger partial charge in [-0.15, -0.1) is 0 Å². The van der Waals surface area contributed by atoms with Gasteiger partial charge in [-0.3, -0.25) is 0 Å². The Balaban J connectivity index is 1.71. The zero-order valence-electron chi connectivity index (χ0n) is 13.3. The molecule has 0 aliphatic heterocycles. The predicted molar refractivity (Wildman–Crippen MR) is 85.5 cm³/mol. The van der Waals surface area contributed by atoms with E-state index in [9.17, 15) is 0 Å². The van der Waals surface area contributed by atoms with Gasteiger partial charge in [0.1, 0.15) is 18.9 Å². The summed E-state index contributed by atoms with van der Waals surface area (Å²) >= 11 is 0. The lowest BCUT2D eigenvalue weighted by atomic mass is 10.2. The number of imidazole rings is 1. The van der Waals surface area contributed by atoms with E-state index in [-0.39, 0.29) is 0 Å². The molecule has 21 heavy (non-hydrogen) atoms. The van der Waals surface area contributed by atoms with E-state index in [1.54, 1.807) is 0 Å². The van der Waals surface area contributed by atoms with Crippen LogP contribution in [-0.2, 0) is 18.3 Å². The van der Waals surface area contributed by atoms with Gasteiger partial charge in [0.15, 0.2) is 0 Å². The van der Waals surface area contributed by atoms with Crippen molar-refractivity contribution >= 4 is 5.69 Å². The molecule has 0 saturated heterocycles. The lowest BCUT2D eigenvalue weighted by molar-refractivity contribution is -0.671. The van der Waals surface area contributed by atoms with E-state index in [0.717, 1.165) is 32.8 Å². The second kappa shape index (κ2) is 7.84. The van der Waals surface area contributed by atoms with Gasteiger partial charge in [-0.1, -0.05) is 12.1 Å².